The van der Waals surface area contributed by atoms with Crippen LogP contribution < -0.4 is 0 Å². The normalized spacial score (nSPS) is 11.6. The van der Waals surface area contributed by atoms with Gasteiger partial charge in [0.2, 0.25) is 0 Å². The van der Waals surface area contributed by atoms with E-state index >= 15 is 0 Å². The smallest absolute Gasteiger partial charge is 0.160 e. The van der Waals surface area contributed by atoms with Gasteiger partial charge in [0.15, 0.2) is 5.82 Å². The second kappa shape index (κ2) is 9.79. The molecule has 9 rings (SSSR count). The van der Waals surface area contributed by atoms with Gasteiger partial charge >= 0.3 is 0 Å². The highest BCUT2D eigenvalue weighted by molar-refractivity contribution is 6.09. The van der Waals surface area contributed by atoms with E-state index in [1.807, 2.05) is 36.4 Å². The molecule has 0 amide bonds. The largest absolute Gasteiger partial charge is 0.456 e. The summed E-state index contributed by atoms with van der Waals surface area (Å²) in [6.07, 6.45) is 0. The van der Waals surface area contributed by atoms with Gasteiger partial charge in [-0.05, 0) is 48.5 Å². The Morgan fingerprint density at radius 2 is 1.02 bits per heavy atom. The van der Waals surface area contributed by atoms with E-state index in [-0.39, 0.29) is 0 Å². The first-order chi connectivity index (χ1) is 21.8. The minimum Gasteiger partial charge on any atom is -0.456 e. The molecule has 0 radical (unpaired) electrons. The summed E-state index contributed by atoms with van der Waals surface area (Å²) in [5.41, 5.74) is 9.84. The van der Waals surface area contributed by atoms with E-state index < -0.39 is 0 Å². The summed E-state index contributed by atoms with van der Waals surface area (Å²) in [6, 6.07) is 52.5. The Kier molecular flexibility index (Phi) is 5.47. The number of nitrogens with zero attached hydrogens (tertiary/aromatic N) is 3. The molecule has 0 unspecified atom stereocenters. The summed E-state index contributed by atoms with van der Waals surface area (Å²) < 4.78 is 8.55. The molecule has 4 heteroatoms. The Balaban J connectivity index is 1.24. The van der Waals surface area contributed by atoms with Crippen LogP contribution in [0.15, 0.2) is 156 Å². The van der Waals surface area contributed by atoms with Crippen LogP contribution in [0.5, 0.6) is 0 Å². The Bertz CT molecular complexity index is 2450. The lowest BCUT2D eigenvalue weighted by Crippen LogP contribution is -1.98. The number of rotatable bonds is 4. The highest BCUT2D eigenvalue weighted by atomic mass is 16.3. The lowest BCUT2D eigenvalue weighted by Gasteiger charge is -2.12. The third kappa shape index (κ3) is 3.92. The van der Waals surface area contributed by atoms with E-state index in [0.717, 1.165) is 55.7 Å². The van der Waals surface area contributed by atoms with E-state index in [0.29, 0.717) is 5.82 Å². The molecule has 0 spiro atoms. The molecular formula is C40H25N3O. The average molecular weight is 564 g/mol. The van der Waals surface area contributed by atoms with Gasteiger partial charge < -0.3 is 8.98 Å². The van der Waals surface area contributed by atoms with Crippen molar-refractivity contribution in [3.8, 4) is 39.6 Å². The van der Waals surface area contributed by atoms with E-state index in [1.54, 1.807) is 0 Å². The van der Waals surface area contributed by atoms with Crippen molar-refractivity contribution in [1.82, 2.24) is 14.5 Å². The van der Waals surface area contributed by atoms with Crippen LogP contribution >= 0.6 is 0 Å². The molecular weight excluding hydrogens is 538 g/mol. The fourth-order valence-electron chi connectivity index (χ4n) is 6.35. The predicted molar refractivity (Wildman–Crippen MR) is 180 cm³/mol. The van der Waals surface area contributed by atoms with Crippen LogP contribution in [0.4, 0.5) is 0 Å². The van der Waals surface area contributed by atoms with Gasteiger partial charge in [-0.1, -0.05) is 103 Å². The molecule has 0 aliphatic rings. The first kappa shape index (κ1) is 24.6. The van der Waals surface area contributed by atoms with Crippen LogP contribution in [0.1, 0.15) is 0 Å². The van der Waals surface area contributed by atoms with Crippen LogP contribution in [0.3, 0.4) is 0 Å². The number of aromatic nitrogens is 3. The van der Waals surface area contributed by atoms with E-state index in [4.69, 9.17) is 14.4 Å². The summed E-state index contributed by atoms with van der Waals surface area (Å²) in [4.78, 5) is 10.2. The molecule has 6 aromatic carbocycles. The Morgan fingerprint density at radius 1 is 0.409 bits per heavy atom. The van der Waals surface area contributed by atoms with Gasteiger partial charge in [-0.25, -0.2) is 9.97 Å². The van der Waals surface area contributed by atoms with Gasteiger partial charge in [-0.3, -0.25) is 0 Å². The molecule has 9 aromatic rings. The van der Waals surface area contributed by atoms with Gasteiger partial charge in [-0.15, -0.1) is 0 Å². The molecule has 0 aliphatic carbocycles. The molecule has 0 bridgehead atoms. The summed E-state index contributed by atoms with van der Waals surface area (Å²) in [6.45, 7) is 0. The van der Waals surface area contributed by atoms with Gasteiger partial charge in [-0.2, -0.15) is 0 Å². The van der Waals surface area contributed by atoms with Crippen molar-refractivity contribution in [2.24, 2.45) is 0 Å². The average Bonchev–Trinajstić information content (AvgIpc) is 3.64. The maximum Gasteiger partial charge on any atom is 0.160 e. The van der Waals surface area contributed by atoms with E-state index in [9.17, 15) is 0 Å². The van der Waals surface area contributed by atoms with Crippen molar-refractivity contribution in [3.63, 3.8) is 0 Å². The number of hydrogen-bond donors (Lipinski definition) is 0. The summed E-state index contributed by atoms with van der Waals surface area (Å²) in [5.74, 6) is 0.675. The van der Waals surface area contributed by atoms with Crippen molar-refractivity contribution in [2.75, 3.05) is 0 Å². The zero-order valence-corrected chi connectivity index (χ0v) is 23.7. The van der Waals surface area contributed by atoms with Gasteiger partial charge in [0.05, 0.1) is 22.4 Å². The zero-order valence-electron chi connectivity index (χ0n) is 23.7. The molecule has 0 atom stereocenters. The highest BCUT2D eigenvalue weighted by Crippen LogP contribution is 2.35. The van der Waals surface area contributed by atoms with Crippen LogP contribution in [0.2, 0.25) is 0 Å². The SMILES string of the molecule is c1ccc(-c2cc(-c3ccc4c(c3)oc3ccccc34)nc(-c3cccc(-n4c5ccccc5c5ccccc54)c3)n2)cc1. The topological polar surface area (TPSA) is 43.9 Å². The van der Waals surface area contributed by atoms with Crippen molar-refractivity contribution >= 4 is 43.7 Å². The third-order valence-corrected chi connectivity index (χ3v) is 8.41. The number of benzene rings is 6. The number of para-hydroxylation sites is 3. The maximum atomic E-state index is 6.23. The molecule has 0 N–H and O–H groups in total. The molecule has 3 heterocycles. The molecule has 44 heavy (non-hydrogen) atoms. The van der Waals surface area contributed by atoms with Gasteiger partial charge in [0, 0.05) is 43.9 Å². The second-order valence-electron chi connectivity index (χ2n) is 11.1. The summed E-state index contributed by atoms with van der Waals surface area (Å²) in [7, 11) is 0. The Hall–Kier alpha value is -6.00. The molecule has 3 aromatic heterocycles. The number of furan rings is 1. The maximum absolute atomic E-state index is 6.23. The van der Waals surface area contributed by atoms with E-state index in [2.05, 4.69) is 120 Å². The first-order valence-electron chi connectivity index (χ1n) is 14.8. The number of hydrogen-bond acceptors (Lipinski definition) is 3. The minimum absolute atomic E-state index is 0.675. The monoisotopic (exact) mass is 563 g/mol. The first-order valence-corrected chi connectivity index (χ1v) is 14.8. The van der Waals surface area contributed by atoms with Crippen molar-refractivity contribution in [2.45, 2.75) is 0 Å². The Morgan fingerprint density at radius 3 is 1.80 bits per heavy atom. The van der Waals surface area contributed by atoms with Crippen molar-refractivity contribution in [1.29, 1.82) is 0 Å². The van der Waals surface area contributed by atoms with Gasteiger partial charge in [0.25, 0.3) is 0 Å². The second-order valence-corrected chi connectivity index (χ2v) is 11.1. The van der Waals surface area contributed by atoms with Gasteiger partial charge in [0.1, 0.15) is 11.2 Å². The summed E-state index contributed by atoms with van der Waals surface area (Å²) >= 11 is 0. The fourth-order valence-corrected chi connectivity index (χ4v) is 6.35. The van der Waals surface area contributed by atoms with Crippen LogP contribution in [0.25, 0.3) is 83.3 Å². The number of fused-ring (bicyclic) bond motifs is 6. The highest BCUT2D eigenvalue weighted by Gasteiger charge is 2.15. The van der Waals surface area contributed by atoms with E-state index in [1.165, 1.54) is 21.8 Å². The molecule has 0 saturated carbocycles. The van der Waals surface area contributed by atoms with Crippen LogP contribution in [-0.4, -0.2) is 14.5 Å². The molecule has 206 valence electrons. The molecule has 0 aliphatic heterocycles. The van der Waals surface area contributed by atoms with Crippen molar-refractivity contribution in [3.05, 3.63) is 152 Å². The van der Waals surface area contributed by atoms with Crippen molar-refractivity contribution < 1.29 is 4.42 Å². The lowest BCUT2D eigenvalue weighted by molar-refractivity contribution is 0.669. The predicted octanol–water partition coefficient (Wildman–Crippen LogP) is 10.5. The quantitative estimate of drug-likeness (QED) is 0.214. The minimum atomic E-state index is 0.675. The standard InChI is InChI=1S/C40H25N3O/c1-2-11-26(12-3-1)34-25-35(27-21-22-33-32-17-6-9-20-38(32)44-39(33)24-27)42-40(41-34)28-13-10-14-29(23-28)43-36-18-7-4-15-30(36)31-16-5-8-19-37(31)43/h1-25H. The summed E-state index contributed by atoms with van der Waals surface area (Å²) in [5, 5.41) is 4.68. The third-order valence-electron chi connectivity index (χ3n) is 8.41. The molecule has 4 nitrogen and oxygen atoms in total. The lowest BCUT2D eigenvalue weighted by atomic mass is 10.0. The zero-order chi connectivity index (χ0) is 29.0. The van der Waals surface area contributed by atoms with Crippen LogP contribution in [-0.2, 0) is 0 Å². The fraction of sp³-hybridized carbons (Fsp3) is 0. The molecule has 0 saturated heterocycles. The molecule has 0 fully saturated rings. The van der Waals surface area contributed by atoms with Crippen LogP contribution in [0, 0.1) is 0 Å². The Labute approximate surface area is 253 Å².